The molecule has 3 atom stereocenters. The molecule has 1 N–H and O–H groups in total. The molecule has 6 rings (SSSR count). The topological polar surface area (TPSA) is 102 Å². The van der Waals surface area contributed by atoms with E-state index < -0.39 is 63.7 Å². The van der Waals surface area contributed by atoms with Gasteiger partial charge in [0.1, 0.15) is 17.6 Å². The van der Waals surface area contributed by atoms with Crippen molar-refractivity contribution in [1.29, 1.82) is 0 Å². The Kier molecular flexibility index (Phi) is 6.42. The number of carbonyl (C=O) groups is 3. The second-order valence-corrected chi connectivity index (χ2v) is 11.2. The molecule has 40 heavy (non-hydrogen) atoms. The average molecular weight is 586 g/mol. The number of furan rings is 1. The number of fused-ring (bicyclic) bond motifs is 2. The van der Waals surface area contributed by atoms with E-state index in [4.69, 9.17) is 4.42 Å². The highest BCUT2D eigenvalue weighted by atomic mass is 32.2. The van der Waals surface area contributed by atoms with E-state index in [1.165, 1.54) is 18.4 Å². The maximum atomic E-state index is 13.7. The molecule has 204 valence electrons. The third-order valence-corrected chi connectivity index (χ3v) is 9.33. The van der Waals surface area contributed by atoms with Gasteiger partial charge >= 0.3 is 11.0 Å². The molecular formula is C27H18F3N3O5S2. The van der Waals surface area contributed by atoms with E-state index in [9.17, 15) is 32.3 Å². The van der Waals surface area contributed by atoms with Crippen LogP contribution in [0.2, 0.25) is 0 Å². The Hall–Kier alpha value is -4.10. The summed E-state index contributed by atoms with van der Waals surface area (Å²) < 4.78 is 47.0. The number of anilines is 2. The van der Waals surface area contributed by atoms with Crippen molar-refractivity contribution in [3.63, 3.8) is 0 Å². The lowest BCUT2D eigenvalue weighted by molar-refractivity contribution is -0.137. The lowest BCUT2D eigenvalue weighted by Crippen LogP contribution is -2.32. The van der Waals surface area contributed by atoms with Crippen LogP contribution in [0.4, 0.5) is 24.5 Å². The normalized spacial score (nSPS) is 20.4. The number of rotatable bonds is 5. The van der Waals surface area contributed by atoms with E-state index >= 15 is 0 Å². The lowest BCUT2D eigenvalue weighted by Gasteiger charge is -2.29. The monoisotopic (exact) mass is 585 g/mol. The maximum absolute atomic E-state index is 13.7. The molecule has 8 nitrogen and oxygen atoms in total. The number of alkyl halides is 3. The number of imide groups is 1. The quantitative estimate of drug-likeness (QED) is 0.333. The highest BCUT2D eigenvalue weighted by Crippen LogP contribution is 2.53. The zero-order valence-corrected chi connectivity index (χ0v) is 21.9. The molecule has 13 heteroatoms. The average Bonchev–Trinajstić information content (AvgIpc) is 3.62. The van der Waals surface area contributed by atoms with Gasteiger partial charge in [0.2, 0.25) is 17.7 Å². The van der Waals surface area contributed by atoms with Crippen LogP contribution < -0.4 is 15.1 Å². The third kappa shape index (κ3) is 4.34. The van der Waals surface area contributed by atoms with E-state index in [0.29, 0.717) is 21.4 Å². The Bertz CT molecular complexity index is 1680. The van der Waals surface area contributed by atoms with Gasteiger partial charge < -0.3 is 9.73 Å². The van der Waals surface area contributed by atoms with Gasteiger partial charge in [-0.3, -0.25) is 23.7 Å². The molecule has 2 aromatic carbocycles. The Balaban J connectivity index is 1.37. The molecule has 4 aromatic rings. The summed E-state index contributed by atoms with van der Waals surface area (Å²) in [7, 11) is 0. The summed E-state index contributed by atoms with van der Waals surface area (Å²) in [5.41, 5.74) is -1.04. The molecule has 3 amide bonds. The van der Waals surface area contributed by atoms with Crippen LogP contribution in [0.3, 0.4) is 0 Å². The summed E-state index contributed by atoms with van der Waals surface area (Å²) in [5.74, 6) is -3.01. The van der Waals surface area contributed by atoms with Crippen LogP contribution in [0.5, 0.6) is 0 Å². The van der Waals surface area contributed by atoms with Crippen LogP contribution in [0.1, 0.15) is 22.1 Å². The Morgan fingerprint density at radius 3 is 2.38 bits per heavy atom. The summed E-state index contributed by atoms with van der Waals surface area (Å²) in [6, 6.07) is 16.3. The van der Waals surface area contributed by atoms with E-state index in [1.54, 1.807) is 42.5 Å². The molecule has 2 aliphatic heterocycles. The second kappa shape index (κ2) is 9.82. The molecule has 1 saturated heterocycles. The van der Waals surface area contributed by atoms with Gasteiger partial charge in [-0.15, -0.1) is 0 Å². The third-order valence-electron chi connectivity index (χ3n) is 6.72. The van der Waals surface area contributed by atoms with Gasteiger partial charge in [0.05, 0.1) is 44.9 Å². The zero-order valence-electron chi connectivity index (χ0n) is 20.3. The number of benzene rings is 2. The SMILES string of the molecule is O=C(Cn1c2c(sc1=O)[C@H](c1ccco1)C1C(=O)N(c3ccccc3)C(=O)C1S2)Nc1ccccc1C(F)(F)F. The highest BCUT2D eigenvalue weighted by molar-refractivity contribution is 8.00. The van der Waals surface area contributed by atoms with Gasteiger partial charge in [-0.1, -0.05) is 53.4 Å². The number of thiazole rings is 1. The molecule has 2 unspecified atom stereocenters. The summed E-state index contributed by atoms with van der Waals surface area (Å²) >= 11 is 1.81. The van der Waals surface area contributed by atoms with Crippen LogP contribution in [0, 0.1) is 5.92 Å². The predicted molar refractivity (Wildman–Crippen MR) is 141 cm³/mol. The zero-order chi connectivity index (χ0) is 28.2. The van der Waals surface area contributed by atoms with Crippen LogP contribution in [0.15, 0.2) is 87.2 Å². The van der Waals surface area contributed by atoms with E-state index in [-0.39, 0.29) is 0 Å². The number of nitrogens with zero attached hydrogens (tertiary/aromatic N) is 2. The van der Waals surface area contributed by atoms with Gasteiger partial charge in [-0.25, -0.2) is 4.90 Å². The largest absolute Gasteiger partial charge is 0.469 e. The first-order valence-electron chi connectivity index (χ1n) is 12.0. The van der Waals surface area contributed by atoms with Crippen molar-refractivity contribution in [3.8, 4) is 0 Å². The van der Waals surface area contributed by atoms with Gasteiger partial charge in [0.15, 0.2) is 0 Å². The fourth-order valence-corrected chi connectivity index (χ4v) is 7.79. The number of para-hydroxylation sites is 2. The van der Waals surface area contributed by atoms with Crippen molar-refractivity contribution in [3.05, 3.63) is 98.9 Å². The van der Waals surface area contributed by atoms with Crippen LogP contribution in [-0.2, 0) is 27.1 Å². The first-order valence-corrected chi connectivity index (χ1v) is 13.7. The van der Waals surface area contributed by atoms with Crippen molar-refractivity contribution in [2.24, 2.45) is 5.92 Å². The number of carbonyl (C=O) groups excluding carboxylic acids is 3. The second-order valence-electron chi connectivity index (χ2n) is 9.12. The Labute approximate surface area is 232 Å². The summed E-state index contributed by atoms with van der Waals surface area (Å²) in [6.07, 6.45) is -3.27. The van der Waals surface area contributed by atoms with E-state index in [0.717, 1.165) is 44.7 Å². The molecule has 0 radical (unpaired) electrons. The number of hydrogen-bond donors (Lipinski definition) is 1. The van der Waals surface area contributed by atoms with Crippen LogP contribution in [-0.4, -0.2) is 27.5 Å². The van der Waals surface area contributed by atoms with Crippen molar-refractivity contribution < 1.29 is 32.0 Å². The molecular weight excluding hydrogens is 567 g/mol. The number of amides is 3. The van der Waals surface area contributed by atoms with Crippen molar-refractivity contribution in [2.75, 3.05) is 10.2 Å². The van der Waals surface area contributed by atoms with E-state index in [2.05, 4.69) is 5.32 Å². The van der Waals surface area contributed by atoms with E-state index in [1.807, 2.05) is 0 Å². The Morgan fingerprint density at radius 1 is 0.950 bits per heavy atom. The fourth-order valence-electron chi connectivity index (χ4n) is 5.03. The molecule has 0 saturated carbocycles. The number of aromatic nitrogens is 1. The number of nitrogens with one attached hydrogen (secondary N) is 1. The molecule has 0 bridgehead atoms. The Morgan fingerprint density at radius 2 is 1.68 bits per heavy atom. The fraction of sp³-hybridized carbons (Fsp3) is 0.185. The minimum absolute atomic E-state index is 0.299. The van der Waals surface area contributed by atoms with Gasteiger partial charge in [-0.05, 0) is 36.4 Å². The van der Waals surface area contributed by atoms with Crippen molar-refractivity contribution in [1.82, 2.24) is 4.57 Å². The first-order chi connectivity index (χ1) is 19.1. The standard InChI is InChI=1S/C27H18F3N3O5S2/c28-27(29,30)15-9-4-5-10-16(15)31-18(34)13-32-25-22(40-26(32)37)19(17-11-6-12-38-17)20-21(39-25)24(36)33(23(20)35)14-7-2-1-3-8-14/h1-12,19-21H,13H2,(H,31,34)/t19-,20?,21?/m1/s1. The van der Waals surface area contributed by atoms with Crippen molar-refractivity contribution in [2.45, 2.75) is 28.9 Å². The smallest absolute Gasteiger partial charge is 0.418 e. The summed E-state index contributed by atoms with van der Waals surface area (Å²) in [6.45, 7) is -0.587. The van der Waals surface area contributed by atoms with Gasteiger partial charge in [-0.2, -0.15) is 13.2 Å². The summed E-state index contributed by atoms with van der Waals surface area (Å²) in [5, 5.41) is 1.63. The number of hydrogen-bond acceptors (Lipinski definition) is 7. The van der Waals surface area contributed by atoms with Crippen LogP contribution in [0.25, 0.3) is 0 Å². The molecule has 1 fully saturated rings. The number of thioether (sulfide) groups is 1. The molecule has 0 spiro atoms. The lowest BCUT2D eigenvalue weighted by atomic mass is 9.87. The number of halogens is 3. The van der Waals surface area contributed by atoms with Gasteiger partial charge in [0, 0.05) is 0 Å². The van der Waals surface area contributed by atoms with Gasteiger partial charge in [0.25, 0.3) is 0 Å². The summed E-state index contributed by atoms with van der Waals surface area (Å²) in [4.78, 5) is 54.3. The first kappa shape index (κ1) is 26.1. The minimum Gasteiger partial charge on any atom is -0.469 e. The minimum atomic E-state index is -4.69. The maximum Gasteiger partial charge on any atom is 0.418 e. The highest BCUT2D eigenvalue weighted by Gasteiger charge is 2.57. The molecule has 4 heterocycles. The van der Waals surface area contributed by atoms with Crippen molar-refractivity contribution >= 4 is 52.2 Å². The molecule has 0 aliphatic carbocycles. The predicted octanol–water partition coefficient (Wildman–Crippen LogP) is 4.96. The molecule has 2 aliphatic rings. The van der Waals surface area contributed by atoms with Crippen LogP contribution >= 0.6 is 23.1 Å². The molecule has 2 aromatic heterocycles.